The summed E-state index contributed by atoms with van der Waals surface area (Å²) in [5.74, 6) is 0.793. The van der Waals surface area contributed by atoms with E-state index in [1.807, 2.05) is 4.90 Å². The van der Waals surface area contributed by atoms with Crippen LogP contribution in [0.15, 0.2) is 24.3 Å². The SMILES string of the molecule is Cl.O=C(NCCCC(=O)N1C[C@H]2CNC[C@H]2C1)c1ccc(F)cc1. The summed E-state index contributed by atoms with van der Waals surface area (Å²) in [6, 6.07) is 5.43. The van der Waals surface area contributed by atoms with Crippen LogP contribution in [-0.2, 0) is 4.79 Å². The van der Waals surface area contributed by atoms with Crippen LogP contribution in [0.3, 0.4) is 0 Å². The van der Waals surface area contributed by atoms with E-state index in [0.717, 1.165) is 26.2 Å². The van der Waals surface area contributed by atoms with Gasteiger partial charge in [-0.1, -0.05) is 0 Å². The van der Waals surface area contributed by atoms with Gasteiger partial charge < -0.3 is 15.5 Å². The second-order valence-electron chi connectivity index (χ2n) is 6.34. The van der Waals surface area contributed by atoms with Crippen molar-refractivity contribution in [1.29, 1.82) is 0 Å². The van der Waals surface area contributed by atoms with Gasteiger partial charge in [0.2, 0.25) is 5.91 Å². The average molecular weight is 356 g/mol. The maximum absolute atomic E-state index is 12.8. The van der Waals surface area contributed by atoms with Gasteiger partial charge in [0.15, 0.2) is 0 Å². The van der Waals surface area contributed by atoms with Gasteiger partial charge in [0.05, 0.1) is 0 Å². The fourth-order valence-corrected chi connectivity index (χ4v) is 3.36. The fraction of sp³-hybridized carbons (Fsp3) is 0.529. The Hall–Kier alpha value is -1.66. The standard InChI is InChI=1S/C17H22FN3O2.ClH/c18-15-5-3-12(4-6-15)17(23)20-7-1-2-16(22)21-10-13-8-19-9-14(13)11-21;/h3-6,13-14,19H,1-2,7-11H2,(H,20,23);1H/t13-,14+;. The second kappa shape index (κ2) is 8.44. The second-order valence-corrected chi connectivity index (χ2v) is 6.34. The van der Waals surface area contributed by atoms with Gasteiger partial charge in [0.25, 0.3) is 5.91 Å². The first-order valence-corrected chi connectivity index (χ1v) is 8.16. The molecule has 0 spiro atoms. The molecule has 2 aliphatic rings. The number of rotatable bonds is 5. The highest BCUT2D eigenvalue weighted by Crippen LogP contribution is 2.26. The summed E-state index contributed by atoms with van der Waals surface area (Å²) in [5.41, 5.74) is 0.428. The topological polar surface area (TPSA) is 61.4 Å². The number of fused-ring (bicyclic) bond motifs is 1. The molecule has 0 bridgehead atoms. The van der Waals surface area contributed by atoms with Gasteiger partial charge >= 0.3 is 0 Å². The third-order valence-electron chi connectivity index (χ3n) is 4.70. The van der Waals surface area contributed by atoms with Crippen LogP contribution in [0.25, 0.3) is 0 Å². The third-order valence-corrected chi connectivity index (χ3v) is 4.70. The molecule has 0 saturated carbocycles. The Balaban J connectivity index is 0.00000208. The Morgan fingerprint density at radius 1 is 1.17 bits per heavy atom. The zero-order valence-corrected chi connectivity index (χ0v) is 14.3. The maximum Gasteiger partial charge on any atom is 0.251 e. The summed E-state index contributed by atoms with van der Waals surface area (Å²) < 4.78 is 12.8. The Morgan fingerprint density at radius 3 is 2.42 bits per heavy atom. The minimum atomic E-state index is -0.363. The zero-order chi connectivity index (χ0) is 16.2. The van der Waals surface area contributed by atoms with Crippen molar-refractivity contribution in [3.63, 3.8) is 0 Å². The molecule has 1 aromatic rings. The van der Waals surface area contributed by atoms with E-state index < -0.39 is 0 Å². The average Bonchev–Trinajstić information content (AvgIpc) is 3.13. The highest BCUT2D eigenvalue weighted by atomic mass is 35.5. The van der Waals surface area contributed by atoms with E-state index in [9.17, 15) is 14.0 Å². The van der Waals surface area contributed by atoms with Crippen LogP contribution in [0, 0.1) is 17.7 Å². The summed E-state index contributed by atoms with van der Waals surface area (Å²) in [6.45, 7) is 4.20. The van der Waals surface area contributed by atoms with Gasteiger partial charge in [-0.15, -0.1) is 12.4 Å². The number of hydrogen-bond acceptors (Lipinski definition) is 3. The van der Waals surface area contributed by atoms with E-state index in [2.05, 4.69) is 10.6 Å². The maximum atomic E-state index is 12.8. The Bertz CT molecular complexity index is 570. The number of hydrogen-bond donors (Lipinski definition) is 2. The molecule has 5 nitrogen and oxygen atoms in total. The Labute approximate surface area is 147 Å². The number of halogens is 2. The predicted octanol–water partition coefficient (Wildman–Crippen LogP) is 1.44. The number of nitrogens with zero attached hydrogens (tertiary/aromatic N) is 1. The normalized spacial score (nSPS) is 22.0. The van der Waals surface area contributed by atoms with Crippen LogP contribution < -0.4 is 10.6 Å². The van der Waals surface area contributed by atoms with Crippen molar-refractivity contribution < 1.29 is 14.0 Å². The van der Waals surface area contributed by atoms with Crippen molar-refractivity contribution in [3.8, 4) is 0 Å². The number of benzene rings is 1. The number of nitrogens with one attached hydrogen (secondary N) is 2. The predicted molar refractivity (Wildman–Crippen MR) is 91.6 cm³/mol. The first-order valence-electron chi connectivity index (χ1n) is 8.16. The minimum absolute atomic E-state index is 0. The van der Waals surface area contributed by atoms with Crippen molar-refractivity contribution in [1.82, 2.24) is 15.5 Å². The summed E-state index contributed by atoms with van der Waals surface area (Å²) in [5, 5.41) is 6.12. The van der Waals surface area contributed by atoms with Crippen molar-refractivity contribution in [2.45, 2.75) is 12.8 Å². The molecular formula is C17H23ClFN3O2. The first kappa shape index (κ1) is 18.7. The van der Waals surface area contributed by atoms with E-state index in [-0.39, 0.29) is 30.0 Å². The molecule has 0 aromatic heterocycles. The smallest absolute Gasteiger partial charge is 0.251 e. The van der Waals surface area contributed by atoms with Crippen molar-refractivity contribution >= 4 is 24.2 Å². The summed E-state index contributed by atoms with van der Waals surface area (Å²) in [4.78, 5) is 26.0. The Kier molecular flexibility index (Phi) is 6.57. The minimum Gasteiger partial charge on any atom is -0.352 e. The highest BCUT2D eigenvalue weighted by Gasteiger charge is 2.37. The monoisotopic (exact) mass is 355 g/mol. The lowest BCUT2D eigenvalue weighted by Gasteiger charge is -2.17. The molecule has 2 heterocycles. The van der Waals surface area contributed by atoms with E-state index in [4.69, 9.17) is 0 Å². The molecule has 3 rings (SSSR count). The van der Waals surface area contributed by atoms with Gasteiger partial charge in [-0.3, -0.25) is 9.59 Å². The van der Waals surface area contributed by atoms with Crippen LogP contribution in [0.5, 0.6) is 0 Å². The van der Waals surface area contributed by atoms with Crippen LogP contribution >= 0.6 is 12.4 Å². The van der Waals surface area contributed by atoms with Crippen molar-refractivity contribution in [3.05, 3.63) is 35.6 Å². The number of carbonyl (C=O) groups is 2. The van der Waals surface area contributed by atoms with Gasteiger partial charge in [-0.05, 0) is 42.5 Å². The van der Waals surface area contributed by atoms with E-state index >= 15 is 0 Å². The molecule has 2 aliphatic heterocycles. The molecule has 24 heavy (non-hydrogen) atoms. The molecule has 132 valence electrons. The quantitative estimate of drug-likeness (QED) is 0.786. The molecule has 1 aromatic carbocycles. The molecule has 0 aliphatic carbocycles. The number of carbonyl (C=O) groups excluding carboxylic acids is 2. The van der Waals surface area contributed by atoms with Gasteiger partial charge in [-0.2, -0.15) is 0 Å². The third kappa shape index (κ3) is 4.45. The number of likely N-dealkylation sites (tertiary alicyclic amines) is 1. The molecule has 2 saturated heterocycles. The lowest BCUT2D eigenvalue weighted by molar-refractivity contribution is -0.130. The van der Waals surface area contributed by atoms with Crippen molar-refractivity contribution in [2.24, 2.45) is 11.8 Å². The zero-order valence-electron chi connectivity index (χ0n) is 13.5. The molecule has 7 heteroatoms. The largest absolute Gasteiger partial charge is 0.352 e. The van der Waals surface area contributed by atoms with Crippen LogP contribution in [0.1, 0.15) is 23.2 Å². The molecule has 2 fully saturated rings. The van der Waals surface area contributed by atoms with Gasteiger partial charge in [-0.25, -0.2) is 4.39 Å². The first-order chi connectivity index (χ1) is 11.1. The summed E-state index contributed by atoms with van der Waals surface area (Å²) in [6.07, 6.45) is 1.08. The van der Waals surface area contributed by atoms with Gasteiger partial charge in [0, 0.05) is 44.7 Å². The molecule has 2 N–H and O–H groups in total. The van der Waals surface area contributed by atoms with E-state index in [0.29, 0.717) is 36.8 Å². The highest BCUT2D eigenvalue weighted by molar-refractivity contribution is 5.94. The fourth-order valence-electron chi connectivity index (χ4n) is 3.36. The van der Waals surface area contributed by atoms with Crippen LogP contribution in [0.2, 0.25) is 0 Å². The van der Waals surface area contributed by atoms with E-state index in [1.165, 1.54) is 24.3 Å². The molecule has 0 radical (unpaired) electrons. The summed E-state index contributed by atoms with van der Waals surface area (Å²) in [7, 11) is 0. The molecule has 0 unspecified atom stereocenters. The van der Waals surface area contributed by atoms with Crippen LogP contribution in [0.4, 0.5) is 4.39 Å². The van der Waals surface area contributed by atoms with Crippen LogP contribution in [-0.4, -0.2) is 49.4 Å². The lowest BCUT2D eigenvalue weighted by atomic mass is 10.0. The van der Waals surface area contributed by atoms with Crippen molar-refractivity contribution in [2.75, 3.05) is 32.7 Å². The Morgan fingerprint density at radius 2 is 1.79 bits per heavy atom. The molecule has 2 atom stereocenters. The van der Waals surface area contributed by atoms with Gasteiger partial charge in [0.1, 0.15) is 5.82 Å². The van der Waals surface area contributed by atoms with E-state index in [1.54, 1.807) is 0 Å². The summed E-state index contributed by atoms with van der Waals surface area (Å²) >= 11 is 0. The number of amides is 2. The lowest BCUT2D eigenvalue weighted by Crippen LogP contribution is -2.32. The molecular weight excluding hydrogens is 333 g/mol. The molecule has 2 amide bonds.